The van der Waals surface area contributed by atoms with Crippen LogP contribution in [0.25, 0.3) is 0 Å². The lowest BCUT2D eigenvalue weighted by molar-refractivity contribution is -0.143. The van der Waals surface area contributed by atoms with Crippen LogP contribution < -0.4 is 5.32 Å². The molecule has 0 heterocycles. The summed E-state index contributed by atoms with van der Waals surface area (Å²) < 4.78 is 5.47. The fourth-order valence-corrected chi connectivity index (χ4v) is 8.93. The van der Waals surface area contributed by atoms with Crippen molar-refractivity contribution in [3.8, 4) is 0 Å². The van der Waals surface area contributed by atoms with Crippen LogP contribution in [-0.4, -0.2) is 47.4 Å². The van der Waals surface area contributed by atoms with Crippen LogP contribution >= 0.6 is 0 Å². The summed E-state index contributed by atoms with van der Waals surface area (Å²) in [4.78, 5) is 24.5. The van der Waals surface area contributed by atoms with Gasteiger partial charge in [0.05, 0.1) is 25.4 Å². The number of rotatable bonds is 53. The van der Waals surface area contributed by atoms with Gasteiger partial charge in [-0.25, -0.2) is 0 Å². The number of carbonyl (C=O) groups is 2. The van der Waals surface area contributed by atoms with E-state index in [9.17, 15) is 19.8 Å². The van der Waals surface area contributed by atoms with Gasteiger partial charge < -0.3 is 20.3 Å². The van der Waals surface area contributed by atoms with Crippen LogP contribution in [0.2, 0.25) is 0 Å². The number of aliphatic hydroxyl groups is 2. The summed E-state index contributed by atoms with van der Waals surface area (Å²) in [5, 5.41) is 23.3. The number of aliphatic hydroxyl groups excluding tert-OH is 2. The van der Waals surface area contributed by atoms with Crippen LogP contribution in [-0.2, 0) is 14.3 Å². The van der Waals surface area contributed by atoms with E-state index in [1.807, 2.05) is 0 Å². The fraction of sp³-hybridized carbons (Fsp3) is 0.930. The summed E-state index contributed by atoms with van der Waals surface area (Å²) in [5.74, 6) is -0.0545. The van der Waals surface area contributed by atoms with Gasteiger partial charge in [-0.1, -0.05) is 264 Å². The maximum atomic E-state index is 12.5. The summed E-state index contributed by atoms with van der Waals surface area (Å²) in [5.41, 5.74) is 0. The minimum Gasteiger partial charge on any atom is -0.466 e. The Morgan fingerprint density at radius 1 is 0.429 bits per heavy atom. The predicted molar refractivity (Wildman–Crippen MR) is 273 cm³/mol. The first-order valence-corrected chi connectivity index (χ1v) is 28.4. The smallest absolute Gasteiger partial charge is 0.305 e. The number of allylic oxidation sites excluding steroid dienone is 2. The first-order chi connectivity index (χ1) is 31.0. The van der Waals surface area contributed by atoms with E-state index in [1.54, 1.807) is 0 Å². The normalized spacial score (nSPS) is 12.6. The van der Waals surface area contributed by atoms with Gasteiger partial charge in [-0.05, 0) is 51.4 Å². The fourth-order valence-electron chi connectivity index (χ4n) is 8.93. The minimum absolute atomic E-state index is 0.00657. The highest BCUT2D eigenvalue weighted by Gasteiger charge is 2.20. The Labute approximate surface area is 393 Å². The second-order valence-corrected chi connectivity index (χ2v) is 19.6. The van der Waals surface area contributed by atoms with E-state index in [0.29, 0.717) is 25.9 Å². The summed E-state index contributed by atoms with van der Waals surface area (Å²) in [6.07, 6.45) is 61.9. The molecule has 0 aromatic heterocycles. The van der Waals surface area contributed by atoms with Gasteiger partial charge in [-0.15, -0.1) is 0 Å². The van der Waals surface area contributed by atoms with E-state index in [2.05, 4.69) is 31.3 Å². The maximum Gasteiger partial charge on any atom is 0.305 e. The molecule has 6 nitrogen and oxygen atoms in total. The first-order valence-electron chi connectivity index (χ1n) is 28.4. The molecule has 6 heteroatoms. The average molecular weight is 891 g/mol. The zero-order chi connectivity index (χ0) is 45.8. The van der Waals surface area contributed by atoms with Gasteiger partial charge >= 0.3 is 5.97 Å². The third-order valence-electron chi connectivity index (χ3n) is 13.3. The van der Waals surface area contributed by atoms with Crippen LogP contribution in [0.1, 0.15) is 316 Å². The molecule has 0 bridgehead atoms. The molecule has 3 N–H and O–H groups in total. The highest BCUT2D eigenvalue weighted by atomic mass is 16.5. The van der Waals surface area contributed by atoms with E-state index in [0.717, 1.165) is 70.6 Å². The summed E-state index contributed by atoms with van der Waals surface area (Å²) >= 11 is 0. The highest BCUT2D eigenvalue weighted by molar-refractivity contribution is 5.76. The molecule has 0 aromatic carbocycles. The molecule has 0 aliphatic heterocycles. The van der Waals surface area contributed by atoms with Gasteiger partial charge in [-0.3, -0.25) is 9.59 Å². The van der Waals surface area contributed by atoms with Crippen molar-refractivity contribution >= 4 is 11.9 Å². The Kier molecular flexibility index (Phi) is 52.0. The number of ether oxygens (including phenoxy) is 1. The van der Waals surface area contributed by atoms with E-state index in [1.165, 1.54) is 212 Å². The van der Waals surface area contributed by atoms with Crippen molar-refractivity contribution in [2.75, 3.05) is 13.2 Å². The summed E-state index contributed by atoms with van der Waals surface area (Å²) in [6.45, 7) is 4.94. The lowest BCUT2D eigenvalue weighted by Gasteiger charge is -2.22. The van der Waals surface area contributed by atoms with E-state index < -0.39 is 12.1 Å². The number of esters is 1. The Balaban J connectivity index is 3.46. The molecule has 1 amide bonds. The summed E-state index contributed by atoms with van der Waals surface area (Å²) in [7, 11) is 0. The van der Waals surface area contributed by atoms with Crippen molar-refractivity contribution in [3.63, 3.8) is 0 Å². The standard InChI is InChI=1S/C57H111NO5/c1-3-5-7-9-11-13-15-17-19-22-25-29-33-37-41-45-49-55(60)54(53-59)58-56(61)50-46-42-38-34-30-26-23-20-24-28-32-36-40-44-48-52-63-57(62)51-47-43-39-35-31-27-21-18-16-14-12-10-8-6-4-2/h24,28,54-55,59-60H,3-23,25-27,29-53H2,1-2H3,(H,58,61)/b28-24-. The molecule has 0 spiro atoms. The van der Waals surface area contributed by atoms with Crippen molar-refractivity contribution in [2.45, 2.75) is 328 Å². The molecule has 0 aliphatic carbocycles. The largest absolute Gasteiger partial charge is 0.466 e. The third-order valence-corrected chi connectivity index (χ3v) is 13.3. The van der Waals surface area contributed by atoms with Crippen LogP contribution in [0.5, 0.6) is 0 Å². The maximum absolute atomic E-state index is 12.5. The third kappa shape index (κ3) is 49.9. The molecule has 2 atom stereocenters. The van der Waals surface area contributed by atoms with Gasteiger partial charge in [0.2, 0.25) is 5.91 Å². The molecular weight excluding hydrogens is 779 g/mol. The zero-order valence-corrected chi connectivity index (χ0v) is 42.6. The lowest BCUT2D eigenvalue weighted by Crippen LogP contribution is -2.45. The van der Waals surface area contributed by atoms with E-state index >= 15 is 0 Å². The molecule has 0 saturated heterocycles. The second-order valence-electron chi connectivity index (χ2n) is 19.6. The average Bonchev–Trinajstić information content (AvgIpc) is 3.28. The van der Waals surface area contributed by atoms with Crippen molar-refractivity contribution in [2.24, 2.45) is 0 Å². The zero-order valence-electron chi connectivity index (χ0n) is 42.6. The number of hydrogen-bond donors (Lipinski definition) is 3. The minimum atomic E-state index is -0.673. The van der Waals surface area contributed by atoms with Crippen LogP contribution in [0.3, 0.4) is 0 Å². The Morgan fingerprint density at radius 3 is 1.13 bits per heavy atom. The number of carbonyl (C=O) groups excluding carboxylic acids is 2. The predicted octanol–water partition coefficient (Wildman–Crippen LogP) is 17.3. The Bertz CT molecular complexity index is 939. The highest BCUT2D eigenvalue weighted by Crippen LogP contribution is 2.17. The molecule has 2 unspecified atom stereocenters. The first kappa shape index (κ1) is 61.6. The molecule has 0 radical (unpaired) electrons. The van der Waals surface area contributed by atoms with Crippen LogP contribution in [0.15, 0.2) is 12.2 Å². The molecular formula is C57H111NO5. The molecule has 0 fully saturated rings. The second kappa shape index (κ2) is 53.2. The van der Waals surface area contributed by atoms with Gasteiger partial charge in [0, 0.05) is 12.8 Å². The SMILES string of the molecule is CCCCCCCCCCCCCCCCCCC(O)C(CO)NC(=O)CCCCCCCCC/C=C\CCCCCCOC(=O)CCCCCCCCCCCCCCCCC. The van der Waals surface area contributed by atoms with Gasteiger partial charge in [0.15, 0.2) is 0 Å². The van der Waals surface area contributed by atoms with Crippen molar-refractivity contribution in [3.05, 3.63) is 12.2 Å². The molecule has 0 rings (SSSR count). The number of hydrogen-bond acceptors (Lipinski definition) is 5. The van der Waals surface area contributed by atoms with Crippen LogP contribution in [0.4, 0.5) is 0 Å². The number of nitrogens with one attached hydrogen (secondary N) is 1. The Hall–Kier alpha value is -1.40. The van der Waals surface area contributed by atoms with E-state index in [-0.39, 0.29) is 18.5 Å². The molecule has 0 aliphatic rings. The van der Waals surface area contributed by atoms with Crippen molar-refractivity contribution < 1.29 is 24.5 Å². The van der Waals surface area contributed by atoms with Gasteiger partial charge in [0.25, 0.3) is 0 Å². The van der Waals surface area contributed by atoms with Gasteiger partial charge in [0.1, 0.15) is 0 Å². The van der Waals surface area contributed by atoms with Crippen molar-refractivity contribution in [1.82, 2.24) is 5.32 Å². The van der Waals surface area contributed by atoms with Crippen molar-refractivity contribution in [1.29, 1.82) is 0 Å². The monoisotopic (exact) mass is 890 g/mol. The van der Waals surface area contributed by atoms with Crippen LogP contribution in [0, 0.1) is 0 Å². The van der Waals surface area contributed by atoms with Gasteiger partial charge in [-0.2, -0.15) is 0 Å². The number of amides is 1. The Morgan fingerprint density at radius 2 is 0.746 bits per heavy atom. The van der Waals surface area contributed by atoms with E-state index in [4.69, 9.17) is 4.74 Å². The number of unbranched alkanes of at least 4 members (excludes halogenated alkanes) is 40. The lowest BCUT2D eigenvalue weighted by atomic mass is 10.0. The molecule has 0 aromatic rings. The molecule has 63 heavy (non-hydrogen) atoms. The topological polar surface area (TPSA) is 95.9 Å². The summed E-state index contributed by atoms with van der Waals surface area (Å²) in [6, 6.07) is -0.552. The molecule has 0 saturated carbocycles. The quantitative estimate of drug-likeness (QED) is 0.0321. The molecule has 374 valence electrons.